The number of unbranched alkanes of at least 4 members (excludes halogenated alkanes) is 1. The molecule has 5 rings (SSSR count). The third kappa shape index (κ3) is 5.05. The molecule has 0 aliphatic rings. The first-order valence-electron chi connectivity index (χ1n) is 11.8. The van der Waals surface area contributed by atoms with Crippen molar-refractivity contribution >= 4 is 22.7 Å². The summed E-state index contributed by atoms with van der Waals surface area (Å²) in [6.45, 7) is 0.847. The summed E-state index contributed by atoms with van der Waals surface area (Å²) in [6, 6.07) is 22.3. The van der Waals surface area contributed by atoms with E-state index in [0.29, 0.717) is 40.0 Å². The minimum atomic E-state index is -0.478. The van der Waals surface area contributed by atoms with E-state index in [1.165, 1.54) is 0 Å². The molecule has 0 aliphatic heterocycles. The molecule has 0 bridgehead atoms. The van der Waals surface area contributed by atoms with Gasteiger partial charge < -0.3 is 10.3 Å². The van der Waals surface area contributed by atoms with Gasteiger partial charge in [-0.05, 0) is 43.2 Å². The fraction of sp³-hybridized carbons (Fsp3) is 0.138. The second-order valence-corrected chi connectivity index (χ2v) is 8.61. The summed E-state index contributed by atoms with van der Waals surface area (Å²) in [5.41, 5.74) is 11.0. The normalized spacial score (nSPS) is 11.0. The average Bonchev–Trinajstić information content (AvgIpc) is 3.44. The number of fused-ring (bicyclic) bond motifs is 1. The number of hydrogen-bond donors (Lipinski definition) is 1. The minimum absolute atomic E-state index is 0.0942. The van der Waals surface area contributed by atoms with Crippen LogP contribution in [0, 0.1) is 0 Å². The van der Waals surface area contributed by atoms with Gasteiger partial charge in [-0.25, -0.2) is 15.0 Å². The summed E-state index contributed by atoms with van der Waals surface area (Å²) in [5.74, 6) is -0.384. The first-order chi connectivity index (χ1) is 17.6. The number of amides is 1. The van der Waals surface area contributed by atoms with Gasteiger partial charge in [0.1, 0.15) is 0 Å². The number of aromatic nitrogens is 4. The highest BCUT2D eigenvalue weighted by Crippen LogP contribution is 2.31. The molecule has 0 saturated heterocycles. The van der Waals surface area contributed by atoms with E-state index in [2.05, 4.69) is 4.98 Å². The summed E-state index contributed by atoms with van der Waals surface area (Å²) in [5, 5.41) is 0. The number of aryl methyl sites for hydroxylation is 1. The number of carbonyl (C=O) groups is 2. The number of Topliss-reactive ketones (excluding diaryl/α,β-unsaturated/α-hetero) is 1. The van der Waals surface area contributed by atoms with Crippen molar-refractivity contribution in [3.05, 3.63) is 103 Å². The SMILES string of the molecule is NC(=O)c1ccc(-c2nc3ccc(C(=O)CCCCn4ccnc4)cc3nc2-c2ccccc2)cc1. The Morgan fingerprint density at radius 1 is 0.778 bits per heavy atom. The van der Waals surface area contributed by atoms with Crippen LogP contribution in [0.5, 0.6) is 0 Å². The number of carbonyl (C=O) groups excluding carboxylic acids is 2. The second-order valence-electron chi connectivity index (χ2n) is 8.61. The van der Waals surface area contributed by atoms with Gasteiger partial charge >= 0.3 is 0 Å². The molecule has 0 fully saturated rings. The smallest absolute Gasteiger partial charge is 0.248 e. The molecule has 1 amide bonds. The van der Waals surface area contributed by atoms with Crippen LogP contribution in [0.4, 0.5) is 0 Å². The molecule has 36 heavy (non-hydrogen) atoms. The van der Waals surface area contributed by atoms with E-state index >= 15 is 0 Å². The Bertz CT molecular complexity index is 1510. The van der Waals surface area contributed by atoms with Gasteiger partial charge in [0, 0.05) is 47.6 Å². The zero-order valence-corrected chi connectivity index (χ0v) is 19.7. The van der Waals surface area contributed by atoms with E-state index in [4.69, 9.17) is 15.7 Å². The van der Waals surface area contributed by atoms with Gasteiger partial charge in [0.2, 0.25) is 5.91 Å². The van der Waals surface area contributed by atoms with Crippen LogP contribution in [-0.2, 0) is 6.54 Å². The largest absolute Gasteiger partial charge is 0.366 e. The molecule has 0 unspecified atom stereocenters. The van der Waals surface area contributed by atoms with Crippen LogP contribution in [-0.4, -0.2) is 31.2 Å². The van der Waals surface area contributed by atoms with E-state index in [-0.39, 0.29) is 5.78 Å². The van der Waals surface area contributed by atoms with Crippen LogP contribution >= 0.6 is 0 Å². The Kier molecular flexibility index (Phi) is 6.62. The van der Waals surface area contributed by atoms with Crippen LogP contribution in [0.15, 0.2) is 91.5 Å². The maximum Gasteiger partial charge on any atom is 0.248 e. The van der Waals surface area contributed by atoms with E-state index < -0.39 is 5.91 Å². The van der Waals surface area contributed by atoms with E-state index in [1.807, 2.05) is 71.4 Å². The third-order valence-corrected chi connectivity index (χ3v) is 6.11. The zero-order chi connectivity index (χ0) is 24.9. The fourth-order valence-corrected chi connectivity index (χ4v) is 4.16. The lowest BCUT2D eigenvalue weighted by atomic mass is 10.0. The molecule has 2 heterocycles. The lowest BCUT2D eigenvalue weighted by Gasteiger charge is -2.12. The topological polar surface area (TPSA) is 104 Å². The Morgan fingerprint density at radius 2 is 1.47 bits per heavy atom. The highest BCUT2D eigenvalue weighted by atomic mass is 16.1. The molecular formula is C29H25N5O2. The highest BCUT2D eigenvalue weighted by molar-refractivity contribution is 5.99. The maximum atomic E-state index is 12.9. The van der Waals surface area contributed by atoms with Crippen LogP contribution < -0.4 is 5.73 Å². The number of benzene rings is 3. The quantitative estimate of drug-likeness (QED) is 0.230. The molecule has 5 aromatic rings. The molecule has 0 atom stereocenters. The number of primary amides is 1. The molecule has 2 aromatic heterocycles. The van der Waals surface area contributed by atoms with Crippen molar-refractivity contribution in [3.8, 4) is 22.5 Å². The van der Waals surface area contributed by atoms with Crippen molar-refractivity contribution in [2.45, 2.75) is 25.8 Å². The van der Waals surface area contributed by atoms with Gasteiger partial charge in [-0.1, -0.05) is 42.5 Å². The van der Waals surface area contributed by atoms with Gasteiger partial charge in [0.05, 0.1) is 28.7 Å². The lowest BCUT2D eigenvalue weighted by molar-refractivity contribution is 0.0976. The summed E-state index contributed by atoms with van der Waals surface area (Å²) in [6.07, 6.45) is 7.65. The Hall–Kier alpha value is -4.65. The molecule has 0 aliphatic carbocycles. The van der Waals surface area contributed by atoms with Crippen LogP contribution in [0.2, 0.25) is 0 Å². The van der Waals surface area contributed by atoms with Crippen molar-refractivity contribution in [3.63, 3.8) is 0 Å². The maximum absolute atomic E-state index is 12.9. The highest BCUT2D eigenvalue weighted by Gasteiger charge is 2.15. The van der Waals surface area contributed by atoms with Crippen molar-refractivity contribution in [1.29, 1.82) is 0 Å². The first-order valence-corrected chi connectivity index (χ1v) is 11.8. The summed E-state index contributed by atoms with van der Waals surface area (Å²) < 4.78 is 2.01. The second kappa shape index (κ2) is 10.3. The predicted molar refractivity (Wildman–Crippen MR) is 139 cm³/mol. The minimum Gasteiger partial charge on any atom is -0.366 e. The lowest BCUT2D eigenvalue weighted by Crippen LogP contribution is -2.10. The zero-order valence-electron chi connectivity index (χ0n) is 19.7. The van der Waals surface area contributed by atoms with Crippen molar-refractivity contribution in [2.75, 3.05) is 0 Å². The van der Waals surface area contributed by atoms with E-state index in [1.54, 1.807) is 24.7 Å². The molecule has 0 spiro atoms. The molecule has 7 heteroatoms. The monoisotopic (exact) mass is 475 g/mol. The average molecular weight is 476 g/mol. The van der Waals surface area contributed by atoms with Crippen molar-refractivity contribution < 1.29 is 9.59 Å². The predicted octanol–water partition coefficient (Wildman–Crippen LogP) is 5.31. The Labute approximate surface area is 208 Å². The van der Waals surface area contributed by atoms with Crippen LogP contribution in [0.1, 0.15) is 40.0 Å². The van der Waals surface area contributed by atoms with E-state index in [0.717, 1.165) is 30.5 Å². The van der Waals surface area contributed by atoms with Gasteiger partial charge in [0.15, 0.2) is 5.78 Å². The van der Waals surface area contributed by atoms with E-state index in [9.17, 15) is 9.59 Å². The summed E-state index contributed by atoms with van der Waals surface area (Å²) >= 11 is 0. The number of nitrogens with zero attached hydrogens (tertiary/aromatic N) is 4. The number of ketones is 1. The summed E-state index contributed by atoms with van der Waals surface area (Å²) in [7, 11) is 0. The van der Waals surface area contributed by atoms with Gasteiger partial charge in [-0.15, -0.1) is 0 Å². The van der Waals surface area contributed by atoms with Crippen LogP contribution in [0.3, 0.4) is 0 Å². The molecule has 0 radical (unpaired) electrons. The van der Waals surface area contributed by atoms with Crippen molar-refractivity contribution in [1.82, 2.24) is 19.5 Å². The number of hydrogen-bond acceptors (Lipinski definition) is 5. The first kappa shape index (κ1) is 23.1. The number of imidazole rings is 1. The molecule has 7 nitrogen and oxygen atoms in total. The van der Waals surface area contributed by atoms with Gasteiger partial charge in [-0.3, -0.25) is 9.59 Å². The fourth-order valence-electron chi connectivity index (χ4n) is 4.16. The van der Waals surface area contributed by atoms with Crippen molar-refractivity contribution in [2.24, 2.45) is 5.73 Å². The molecule has 178 valence electrons. The molecular weight excluding hydrogens is 450 g/mol. The number of rotatable bonds is 9. The number of nitrogens with two attached hydrogens (primary N) is 1. The third-order valence-electron chi connectivity index (χ3n) is 6.11. The van der Waals surface area contributed by atoms with Gasteiger partial charge in [-0.2, -0.15) is 0 Å². The molecule has 0 saturated carbocycles. The molecule has 2 N–H and O–H groups in total. The standard InChI is InChI=1S/C29H25N5O2/c30-29(36)22-11-9-21(10-12-22)28-27(20-6-2-1-3-7-20)33-25-18-23(13-14-24(25)32-28)26(35)8-4-5-16-34-17-15-31-19-34/h1-3,6-7,9-15,17-19H,4-5,8,16H2,(H2,30,36). The van der Waals surface area contributed by atoms with Crippen LogP contribution in [0.25, 0.3) is 33.5 Å². The van der Waals surface area contributed by atoms with Gasteiger partial charge in [0.25, 0.3) is 0 Å². The molecule has 3 aromatic carbocycles. The Morgan fingerprint density at radius 3 is 2.17 bits per heavy atom. The summed E-state index contributed by atoms with van der Waals surface area (Å²) in [4.78, 5) is 38.3. The Balaban J connectivity index is 1.45.